The Morgan fingerprint density at radius 2 is 1.90 bits per heavy atom. The van der Waals surface area contributed by atoms with Crippen molar-refractivity contribution in [1.29, 1.82) is 0 Å². The topological polar surface area (TPSA) is 78.4 Å². The average Bonchev–Trinajstić information content (AvgIpc) is 2.37. The van der Waals surface area contributed by atoms with Crippen LogP contribution in [0.4, 0.5) is 5.69 Å². The molecule has 0 aliphatic carbocycles. The fourth-order valence-corrected chi connectivity index (χ4v) is 1.86. The zero-order valence-corrected chi connectivity index (χ0v) is 13.1. The molecule has 0 fully saturated rings. The van der Waals surface area contributed by atoms with E-state index in [-0.39, 0.29) is 18.4 Å². The summed E-state index contributed by atoms with van der Waals surface area (Å²) in [7, 11) is 0. The maximum atomic E-state index is 11.9. The number of hydrogen-bond acceptors (Lipinski definition) is 3. The van der Waals surface area contributed by atoms with E-state index in [1.165, 1.54) is 0 Å². The predicted molar refractivity (Wildman–Crippen MR) is 83.3 cm³/mol. The fourth-order valence-electron chi connectivity index (χ4n) is 1.86. The maximum Gasteiger partial charge on any atom is 0.251 e. The summed E-state index contributed by atoms with van der Waals surface area (Å²) in [5, 5.41) is 14.6. The molecule has 1 aromatic rings. The molecule has 0 aromatic heterocycles. The van der Waals surface area contributed by atoms with E-state index in [0.717, 1.165) is 5.56 Å². The Bertz CT molecular complexity index is 510. The molecule has 5 nitrogen and oxygen atoms in total. The molecule has 0 radical (unpaired) electrons. The van der Waals surface area contributed by atoms with Crippen molar-refractivity contribution in [3.05, 3.63) is 29.3 Å². The van der Waals surface area contributed by atoms with E-state index in [2.05, 4.69) is 10.6 Å². The lowest BCUT2D eigenvalue weighted by Crippen LogP contribution is -2.30. The van der Waals surface area contributed by atoms with Crippen molar-refractivity contribution in [3.63, 3.8) is 0 Å². The van der Waals surface area contributed by atoms with Crippen LogP contribution in [0.5, 0.6) is 0 Å². The van der Waals surface area contributed by atoms with Crippen LogP contribution in [0, 0.1) is 12.8 Å². The molecule has 1 atom stereocenters. The monoisotopic (exact) mass is 292 g/mol. The smallest absolute Gasteiger partial charge is 0.251 e. The van der Waals surface area contributed by atoms with Crippen molar-refractivity contribution in [2.45, 2.75) is 40.2 Å². The molecule has 1 rings (SSSR count). The highest BCUT2D eigenvalue weighted by Crippen LogP contribution is 2.17. The number of aliphatic hydroxyl groups excluding tert-OH is 1. The Kier molecular flexibility index (Phi) is 6.37. The second-order valence-corrected chi connectivity index (χ2v) is 5.73. The van der Waals surface area contributed by atoms with Gasteiger partial charge in [-0.15, -0.1) is 0 Å². The van der Waals surface area contributed by atoms with Crippen molar-refractivity contribution in [2.75, 3.05) is 11.9 Å². The van der Waals surface area contributed by atoms with Crippen LogP contribution in [0.3, 0.4) is 0 Å². The van der Waals surface area contributed by atoms with Gasteiger partial charge in [0.1, 0.15) is 0 Å². The van der Waals surface area contributed by atoms with E-state index in [4.69, 9.17) is 5.11 Å². The summed E-state index contributed by atoms with van der Waals surface area (Å²) in [5.74, 6) is 0.0364. The lowest BCUT2D eigenvalue weighted by Gasteiger charge is -2.12. The summed E-state index contributed by atoms with van der Waals surface area (Å²) in [6.07, 6.45) is -0.111. The zero-order chi connectivity index (χ0) is 16.0. The minimum absolute atomic E-state index is 0.0283. The summed E-state index contributed by atoms with van der Waals surface area (Å²) in [5.41, 5.74) is 2.06. The number of aliphatic hydroxyl groups is 1. The quantitative estimate of drug-likeness (QED) is 0.751. The van der Waals surface area contributed by atoms with Crippen LogP contribution in [-0.2, 0) is 4.79 Å². The minimum Gasteiger partial charge on any atom is -0.392 e. The first-order chi connectivity index (χ1) is 9.79. The number of hydrogen-bond donors (Lipinski definition) is 3. The molecular weight excluding hydrogens is 268 g/mol. The summed E-state index contributed by atoms with van der Waals surface area (Å²) in [6, 6.07) is 5.11. The molecule has 1 aromatic carbocycles. The fraction of sp³-hybridized carbons (Fsp3) is 0.500. The number of rotatable bonds is 6. The van der Waals surface area contributed by atoms with Crippen LogP contribution < -0.4 is 10.6 Å². The second-order valence-electron chi connectivity index (χ2n) is 5.73. The van der Waals surface area contributed by atoms with Crippen LogP contribution in [0.1, 0.15) is 43.1 Å². The van der Waals surface area contributed by atoms with E-state index >= 15 is 0 Å². The molecular formula is C16H24N2O3. The lowest BCUT2D eigenvalue weighted by molar-refractivity contribution is -0.116. The van der Waals surface area contributed by atoms with Crippen LogP contribution in [0.15, 0.2) is 18.2 Å². The number of carbonyl (C=O) groups is 2. The highest BCUT2D eigenvalue weighted by molar-refractivity contribution is 5.96. The summed E-state index contributed by atoms with van der Waals surface area (Å²) in [4.78, 5) is 23.6. The Hall–Kier alpha value is -1.88. The molecule has 1 unspecified atom stereocenters. The van der Waals surface area contributed by atoms with Crippen molar-refractivity contribution in [2.24, 2.45) is 5.92 Å². The molecule has 0 saturated heterocycles. The molecule has 0 spiro atoms. The molecule has 0 saturated carbocycles. The van der Waals surface area contributed by atoms with Crippen molar-refractivity contribution in [3.8, 4) is 0 Å². The van der Waals surface area contributed by atoms with Gasteiger partial charge in [0, 0.05) is 24.2 Å². The van der Waals surface area contributed by atoms with Gasteiger partial charge in [0.2, 0.25) is 5.91 Å². The molecule has 0 aliphatic rings. The molecule has 0 bridgehead atoms. The van der Waals surface area contributed by atoms with E-state index < -0.39 is 6.10 Å². The van der Waals surface area contributed by atoms with Crippen LogP contribution in [0.25, 0.3) is 0 Å². The maximum absolute atomic E-state index is 11.9. The third kappa shape index (κ3) is 5.95. The van der Waals surface area contributed by atoms with Gasteiger partial charge in [0.15, 0.2) is 0 Å². The third-order valence-electron chi connectivity index (χ3n) is 2.91. The molecule has 0 heterocycles. The molecule has 21 heavy (non-hydrogen) atoms. The third-order valence-corrected chi connectivity index (χ3v) is 2.91. The van der Waals surface area contributed by atoms with Gasteiger partial charge < -0.3 is 15.7 Å². The standard InChI is InChI=1S/C16H24N2O3/c1-10(2)7-15(20)18-14-6-5-13(8-11(14)3)16(21)17-9-12(4)19/h5-6,8,10,12,19H,7,9H2,1-4H3,(H,17,21)(H,18,20). The molecule has 0 aliphatic heterocycles. The molecule has 2 amide bonds. The van der Waals surface area contributed by atoms with E-state index in [0.29, 0.717) is 23.6 Å². The first-order valence-corrected chi connectivity index (χ1v) is 7.16. The van der Waals surface area contributed by atoms with Gasteiger partial charge in [0.25, 0.3) is 5.91 Å². The summed E-state index contributed by atoms with van der Waals surface area (Å²) in [6.45, 7) is 7.64. The SMILES string of the molecule is Cc1cc(C(=O)NCC(C)O)ccc1NC(=O)CC(C)C. The number of amides is 2. The first-order valence-electron chi connectivity index (χ1n) is 7.16. The Labute approximate surface area is 125 Å². The Morgan fingerprint density at radius 3 is 2.43 bits per heavy atom. The molecule has 5 heteroatoms. The number of nitrogens with one attached hydrogen (secondary N) is 2. The molecule has 3 N–H and O–H groups in total. The molecule has 116 valence electrons. The van der Waals surface area contributed by atoms with Gasteiger partial charge in [-0.05, 0) is 43.5 Å². The van der Waals surface area contributed by atoms with E-state index in [9.17, 15) is 9.59 Å². The van der Waals surface area contributed by atoms with Gasteiger partial charge in [-0.3, -0.25) is 9.59 Å². The Morgan fingerprint density at radius 1 is 1.24 bits per heavy atom. The van der Waals surface area contributed by atoms with E-state index in [1.807, 2.05) is 20.8 Å². The number of carbonyl (C=O) groups excluding carboxylic acids is 2. The first kappa shape index (κ1) is 17.2. The number of benzene rings is 1. The van der Waals surface area contributed by atoms with Crippen LogP contribution in [-0.4, -0.2) is 29.6 Å². The van der Waals surface area contributed by atoms with E-state index in [1.54, 1.807) is 25.1 Å². The van der Waals surface area contributed by atoms with Gasteiger partial charge >= 0.3 is 0 Å². The second kappa shape index (κ2) is 7.78. The summed E-state index contributed by atoms with van der Waals surface area (Å²) >= 11 is 0. The highest BCUT2D eigenvalue weighted by Gasteiger charge is 2.11. The highest BCUT2D eigenvalue weighted by atomic mass is 16.3. The Balaban J connectivity index is 2.71. The number of anilines is 1. The van der Waals surface area contributed by atoms with Crippen molar-refractivity contribution >= 4 is 17.5 Å². The zero-order valence-electron chi connectivity index (χ0n) is 13.1. The largest absolute Gasteiger partial charge is 0.392 e. The van der Waals surface area contributed by atoms with Crippen molar-refractivity contribution in [1.82, 2.24) is 5.32 Å². The predicted octanol–water partition coefficient (Wildman–Crippen LogP) is 2.09. The van der Waals surface area contributed by atoms with Gasteiger partial charge in [-0.1, -0.05) is 13.8 Å². The van der Waals surface area contributed by atoms with Gasteiger partial charge in [-0.25, -0.2) is 0 Å². The van der Waals surface area contributed by atoms with Gasteiger partial charge in [0.05, 0.1) is 6.10 Å². The van der Waals surface area contributed by atoms with Crippen molar-refractivity contribution < 1.29 is 14.7 Å². The lowest BCUT2D eigenvalue weighted by atomic mass is 10.1. The normalized spacial score (nSPS) is 12.1. The summed E-state index contributed by atoms with van der Waals surface area (Å²) < 4.78 is 0. The van der Waals surface area contributed by atoms with Gasteiger partial charge in [-0.2, -0.15) is 0 Å². The van der Waals surface area contributed by atoms with Crippen LogP contribution in [0.2, 0.25) is 0 Å². The average molecular weight is 292 g/mol. The number of aryl methyl sites for hydroxylation is 1. The minimum atomic E-state index is -0.579. The van der Waals surface area contributed by atoms with Crippen LogP contribution >= 0.6 is 0 Å².